The maximum atomic E-state index is 13.0. The van der Waals surface area contributed by atoms with Crippen molar-refractivity contribution in [3.8, 4) is 0 Å². The Labute approximate surface area is 211 Å². The number of carbonyl (C=O) groups excluding carboxylic acids is 3. The molecule has 0 unspecified atom stereocenters. The fourth-order valence-electron chi connectivity index (χ4n) is 3.48. The van der Waals surface area contributed by atoms with E-state index in [0.717, 1.165) is 10.5 Å². The Morgan fingerprint density at radius 2 is 1.59 bits per heavy atom. The zero-order chi connectivity index (χ0) is 24.6. The number of nitrogens with one attached hydrogen (secondary N) is 2. The molecule has 0 aliphatic carbocycles. The fourth-order valence-corrected chi connectivity index (χ4v) is 4.09. The van der Waals surface area contributed by atoms with Crippen LogP contribution in [-0.4, -0.2) is 17.7 Å². The second-order valence-corrected chi connectivity index (χ2v) is 8.86. The van der Waals surface area contributed by atoms with Gasteiger partial charge in [0.1, 0.15) is 10.7 Å². The molecule has 172 valence electrons. The van der Waals surface area contributed by atoms with Crippen molar-refractivity contribution in [1.82, 2.24) is 0 Å². The monoisotopic (exact) mass is 513 g/mol. The van der Waals surface area contributed by atoms with Gasteiger partial charge >= 0.3 is 0 Å². The van der Waals surface area contributed by atoms with Crippen LogP contribution in [0.1, 0.15) is 21.5 Å². The smallest absolute Gasteiger partial charge is 0.283 e. The first kappa shape index (κ1) is 23.8. The van der Waals surface area contributed by atoms with E-state index < -0.39 is 11.8 Å². The summed E-state index contributed by atoms with van der Waals surface area (Å²) in [5, 5.41) is 6.51. The minimum atomic E-state index is -0.645. The lowest BCUT2D eigenvalue weighted by Gasteiger charge is -2.18. The predicted molar refractivity (Wildman–Crippen MR) is 136 cm³/mol. The molecule has 34 heavy (non-hydrogen) atoms. The van der Waals surface area contributed by atoms with Crippen molar-refractivity contribution in [3.63, 3.8) is 0 Å². The maximum absolute atomic E-state index is 13.0. The van der Waals surface area contributed by atoms with Gasteiger partial charge in [-0.1, -0.05) is 40.9 Å². The first-order valence-corrected chi connectivity index (χ1v) is 11.3. The molecule has 3 aromatic rings. The lowest BCUT2D eigenvalue weighted by atomic mass is 10.1. The Hall–Kier alpha value is -3.32. The van der Waals surface area contributed by atoms with Gasteiger partial charge in [-0.2, -0.15) is 0 Å². The van der Waals surface area contributed by atoms with Gasteiger partial charge in [-0.05, 0) is 79.6 Å². The van der Waals surface area contributed by atoms with Crippen molar-refractivity contribution < 1.29 is 14.4 Å². The van der Waals surface area contributed by atoms with Gasteiger partial charge in [0.15, 0.2) is 0 Å². The Morgan fingerprint density at radius 1 is 0.882 bits per heavy atom. The quantitative estimate of drug-likeness (QED) is 0.392. The molecular formula is C25H18Cl3N3O3. The van der Waals surface area contributed by atoms with Gasteiger partial charge in [-0.25, -0.2) is 4.90 Å². The second kappa shape index (κ2) is 9.50. The molecule has 1 aliphatic rings. The summed E-state index contributed by atoms with van der Waals surface area (Å²) in [5.41, 5.74) is 3.28. The average Bonchev–Trinajstić information content (AvgIpc) is 3.01. The van der Waals surface area contributed by atoms with Gasteiger partial charge in [-0.3, -0.25) is 14.4 Å². The molecule has 0 atom stereocenters. The van der Waals surface area contributed by atoms with E-state index in [1.165, 1.54) is 0 Å². The van der Waals surface area contributed by atoms with Crippen molar-refractivity contribution in [3.05, 3.63) is 98.1 Å². The van der Waals surface area contributed by atoms with E-state index in [9.17, 15) is 14.4 Å². The molecule has 1 heterocycles. The van der Waals surface area contributed by atoms with Crippen LogP contribution in [-0.2, 0) is 9.59 Å². The van der Waals surface area contributed by atoms with E-state index in [4.69, 9.17) is 34.8 Å². The lowest BCUT2D eigenvalue weighted by molar-refractivity contribution is -0.120. The molecule has 0 saturated carbocycles. The van der Waals surface area contributed by atoms with Crippen LogP contribution >= 0.6 is 34.8 Å². The number of benzene rings is 3. The number of hydrogen-bond donors (Lipinski definition) is 2. The summed E-state index contributed by atoms with van der Waals surface area (Å²) in [7, 11) is 0. The summed E-state index contributed by atoms with van der Waals surface area (Å²) in [6.45, 7) is 3.56. The van der Waals surface area contributed by atoms with Gasteiger partial charge in [-0.15, -0.1) is 0 Å². The molecule has 0 bridgehead atoms. The zero-order valence-electron chi connectivity index (χ0n) is 18.1. The van der Waals surface area contributed by atoms with Crippen LogP contribution < -0.4 is 15.5 Å². The number of hydrogen-bond acceptors (Lipinski definition) is 4. The zero-order valence-corrected chi connectivity index (χ0v) is 20.3. The van der Waals surface area contributed by atoms with Gasteiger partial charge in [0.25, 0.3) is 17.7 Å². The highest BCUT2D eigenvalue weighted by Crippen LogP contribution is 2.34. The SMILES string of the molecule is Cc1cc(Cl)ccc1NC(=O)c1ccc(NC2=C(Cl)C(=O)N(c3cccc(Cl)c3C)C2=O)cc1. The summed E-state index contributed by atoms with van der Waals surface area (Å²) in [5.74, 6) is -1.54. The molecule has 3 aromatic carbocycles. The highest BCUT2D eigenvalue weighted by Gasteiger charge is 2.39. The predicted octanol–water partition coefficient (Wildman–Crippen LogP) is 6.30. The number of amides is 3. The van der Waals surface area contributed by atoms with Crippen LogP contribution in [0.15, 0.2) is 71.4 Å². The largest absolute Gasteiger partial charge is 0.350 e. The Balaban J connectivity index is 1.50. The molecule has 4 rings (SSSR count). The Morgan fingerprint density at radius 3 is 2.26 bits per heavy atom. The first-order valence-electron chi connectivity index (χ1n) is 10.2. The number of nitrogens with zero attached hydrogens (tertiary/aromatic N) is 1. The van der Waals surface area contributed by atoms with Crippen molar-refractivity contribution >= 4 is 69.6 Å². The van der Waals surface area contributed by atoms with E-state index in [1.54, 1.807) is 67.6 Å². The third-order valence-corrected chi connectivity index (χ3v) is 6.36. The summed E-state index contributed by atoms with van der Waals surface area (Å²) in [6.07, 6.45) is 0. The standard InChI is InChI=1S/C25H18Cl3N3O3/c1-13-12-16(26)8-11-19(13)30-23(32)15-6-9-17(10-7-15)29-22-21(28)24(33)31(25(22)34)20-5-3-4-18(27)14(20)2/h3-12,29H,1-2H3,(H,30,32). The average molecular weight is 515 g/mol. The van der Waals surface area contributed by atoms with Crippen LogP contribution in [0, 0.1) is 13.8 Å². The van der Waals surface area contributed by atoms with Crippen molar-refractivity contribution in [2.75, 3.05) is 15.5 Å². The number of anilines is 3. The Bertz CT molecular complexity index is 1370. The van der Waals surface area contributed by atoms with Gasteiger partial charge in [0, 0.05) is 27.0 Å². The first-order chi connectivity index (χ1) is 16.2. The summed E-state index contributed by atoms with van der Waals surface area (Å²) >= 11 is 18.3. The molecule has 9 heteroatoms. The molecule has 0 saturated heterocycles. The normalized spacial score (nSPS) is 13.5. The summed E-state index contributed by atoms with van der Waals surface area (Å²) in [4.78, 5) is 39.3. The fraction of sp³-hybridized carbons (Fsp3) is 0.0800. The van der Waals surface area contributed by atoms with Crippen LogP contribution in [0.4, 0.5) is 17.1 Å². The second-order valence-electron chi connectivity index (χ2n) is 7.63. The van der Waals surface area contributed by atoms with E-state index in [0.29, 0.717) is 38.2 Å². The molecule has 1 aliphatic heterocycles. The molecular weight excluding hydrogens is 497 g/mol. The number of carbonyl (C=O) groups is 3. The molecule has 0 spiro atoms. The molecule has 6 nitrogen and oxygen atoms in total. The maximum Gasteiger partial charge on any atom is 0.283 e. The lowest BCUT2D eigenvalue weighted by Crippen LogP contribution is -2.32. The highest BCUT2D eigenvalue weighted by atomic mass is 35.5. The van der Waals surface area contributed by atoms with E-state index >= 15 is 0 Å². The molecule has 0 radical (unpaired) electrons. The molecule has 2 N–H and O–H groups in total. The topological polar surface area (TPSA) is 78.5 Å². The summed E-state index contributed by atoms with van der Waals surface area (Å²) < 4.78 is 0. The van der Waals surface area contributed by atoms with Crippen LogP contribution in [0.5, 0.6) is 0 Å². The van der Waals surface area contributed by atoms with Crippen molar-refractivity contribution in [2.45, 2.75) is 13.8 Å². The Kier molecular flexibility index (Phi) is 6.66. The van der Waals surface area contributed by atoms with Gasteiger partial charge in [0.2, 0.25) is 0 Å². The third-order valence-electron chi connectivity index (χ3n) is 5.36. The van der Waals surface area contributed by atoms with Gasteiger partial charge < -0.3 is 10.6 Å². The number of imide groups is 1. The molecule has 0 aromatic heterocycles. The van der Waals surface area contributed by atoms with Gasteiger partial charge in [0.05, 0.1) is 5.69 Å². The minimum Gasteiger partial charge on any atom is -0.350 e. The van der Waals surface area contributed by atoms with E-state index in [1.807, 2.05) is 6.92 Å². The van der Waals surface area contributed by atoms with Crippen LogP contribution in [0.3, 0.4) is 0 Å². The van der Waals surface area contributed by atoms with Crippen LogP contribution in [0.2, 0.25) is 10.0 Å². The minimum absolute atomic E-state index is 0.0555. The third kappa shape index (κ3) is 4.53. The van der Waals surface area contributed by atoms with Crippen molar-refractivity contribution in [1.29, 1.82) is 0 Å². The molecule has 0 fully saturated rings. The summed E-state index contributed by atoms with van der Waals surface area (Å²) in [6, 6.07) is 16.6. The number of halogens is 3. The number of rotatable bonds is 5. The number of aryl methyl sites for hydroxylation is 1. The van der Waals surface area contributed by atoms with Crippen LogP contribution in [0.25, 0.3) is 0 Å². The highest BCUT2D eigenvalue weighted by molar-refractivity contribution is 6.53. The molecule has 3 amide bonds. The van der Waals surface area contributed by atoms with Crippen molar-refractivity contribution in [2.24, 2.45) is 0 Å². The van der Waals surface area contributed by atoms with E-state index in [-0.39, 0.29) is 16.6 Å². The van der Waals surface area contributed by atoms with E-state index in [2.05, 4.69) is 10.6 Å².